The van der Waals surface area contributed by atoms with Crippen molar-refractivity contribution in [3.63, 3.8) is 0 Å². The van der Waals surface area contributed by atoms with Crippen molar-refractivity contribution in [3.05, 3.63) is 27.4 Å². The van der Waals surface area contributed by atoms with Crippen molar-refractivity contribution in [2.24, 2.45) is 0 Å². The highest BCUT2D eigenvalue weighted by atomic mass is 127. The SMILES string of the molecule is C=C(C)C(=O)OCc1cc(OC)c(O)c(I)c1O. The monoisotopic (exact) mass is 364 g/mol. The van der Waals surface area contributed by atoms with E-state index in [1.165, 1.54) is 20.1 Å². The molecular formula is C12H13IO5. The Morgan fingerprint density at radius 3 is 2.56 bits per heavy atom. The molecule has 0 saturated carbocycles. The van der Waals surface area contributed by atoms with Crippen LogP contribution in [0.2, 0.25) is 0 Å². The Bertz CT molecular complexity index is 496. The van der Waals surface area contributed by atoms with Crippen molar-refractivity contribution < 1.29 is 24.5 Å². The summed E-state index contributed by atoms with van der Waals surface area (Å²) in [6, 6.07) is 1.42. The fourth-order valence-electron chi connectivity index (χ4n) is 1.19. The number of aromatic hydroxyl groups is 2. The lowest BCUT2D eigenvalue weighted by Gasteiger charge is -2.12. The number of carbonyl (C=O) groups excluding carboxylic acids is 1. The maximum Gasteiger partial charge on any atom is 0.333 e. The van der Waals surface area contributed by atoms with Gasteiger partial charge in [-0.1, -0.05) is 6.58 Å². The van der Waals surface area contributed by atoms with Crippen molar-refractivity contribution in [1.29, 1.82) is 0 Å². The number of ether oxygens (including phenoxy) is 2. The molecule has 6 heteroatoms. The Balaban J connectivity index is 2.99. The first-order chi connectivity index (χ1) is 8.38. The Hall–Kier alpha value is -1.44. The first kappa shape index (κ1) is 14.6. The molecule has 0 unspecified atom stereocenters. The Morgan fingerprint density at radius 1 is 1.44 bits per heavy atom. The molecule has 98 valence electrons. The quantitative estimate of drug-likeness (QED) is 0.487. The van der Waals surface area contributed by atoms with E-state index in [9.17, 15) is 15.0 Å². The van der Waals surface area contributed by atoms with E-state index >= 15 is 0 Å². The molecule has 0 aromatic heterocycles. The summed E-state index contributed by atoms with van der Waals surface area (Å²) in [7, 11) is 1.39. The zero-order valence-corrected chi connectivity index (χ0v) is 12.1. The lowest BCUT2D eigenvalue weighted by molar-refractivity contribution is -0.140. The highest BCUT2D eigenvalue weighted by Crippen LogP contribution is 2.39. The second kappa shape index (κ2) is 5.94. The number of hydrogen-bond acceptors (Lipinski definition) is 5. The Kier molecular flexibility index (Phi) is 4.83. The summed E-state index contributed by atoms with van der Waals surface area (Å²) in [4.78, 5) is 11.2. The standard InChI is InChI=1S/C12H13IO5/c1-6(2)12(16)18-5-7-4-8(17-3)11(15)9(13)10(7)14/h4,14-15H,1,5H2,2-3H3. The number of phenolic OH excluding ortho intramolecular Hbond substituents is 2. The largest absolute Gasteiger partial charge is 0.506 e. The molecule has 18 heavy (non-hydrogen) atoms. The minimum absolute atomic E-state index is 0.121. The van der Waals surface area contributed by atoms with E-state index in [-0.39, 0.29) is 33.0 Å². The number of methoxy groups -OCH3 is 1. The molecule has 0 aliphatic rings. The smallest absolute Gasteiger partial charge is 0.333 e. The molecule has 1 aromatic carbocycles. The van der Waals surface area contributed by atoms with Gasteiger partial charge in [0.2, 0.25) is 0 Å². The van der Waals surface area contributed by atoms with Crippen LogP contribution in [-0.2, 0) is 16.1 Å². The lowest BCUT2D eigenvalue weighted by atomic mass is 10.2. The molecule has 0 bridgehead atoms. The van der Waals surface area contributed by atoms with Crippen LogP contribution >= 0.6 is 22.6 Å². The number of carbonyl (C=O) groups is 1. The van der Waals surface area contributed by atoms with E-state index < -0.39 is 5.97 Å². The first-order valence-electron chi connectivity index (χ1n) is 4.98. The Morgan fingerprint density at radius 2 is 2.06 bits per heavy atom. The fourth-order valence-corrected chi connectivity index (χ4v) is 1.80. The van der Waals surface area contributed by atoms with Crippen LogP contribution in [0.25, 0.3) is 0 Å². The summed E-state index contributed by atoms with van der Waals surface area (Å²) in [5, 5.41) is 19.5. The molecule has 2 N–H and O–H groups in total. The average Bonchev–Trinajstić information content (AvgIpc) is 2.34. The van der Waals surface area contributed by atoms with Crippen molar-refractivity contribution in [2.45, 2.75) is 13.5 Å². The molecule has 0 aliphatic heterocycles. The van der Waals surface area contributed by atoms with Crippen molar-refractivity contribution >= 4 is 28.6 Å². The molecule has 0 saturated heterocycles. The number of rotatable bonds is 4. The second-order valence-electron chi connectivity index (χ2n) is 3.61. The zero-order chi connectivity index (χ0) is 13.9. The van der Waals surface area contributed by atoms with Crippen LogP contribution in [0.3, 0.4) is 0 Å². The summed E-state index contributed by atoms with van der Waals surface area (Å²) in [6.45, 7) is 4.86. The van der Waals surface area contributed by atoms with Crippen LogP contribution in [-0.4, -0.2) is 23.3 Å². The number of esters is 1. The van der Waals surface area contributed by atoms with Crippen molar-refractivity contribution in [1.82, 2.24) is 0 Å². The highest BCUT2D eigenvalue weighted by molar-refractivity contribution is 14.1. The average molecular weight is 364 g/mol. The molecule has 0 fully saturated rings. The Labute approximate surface area is 118 Å². The minimum atomic E-state index is -0.545. The van der Waals surface area contributed by atoms with Gasteiger partial charge in [-0.3, -0.25) is 0 Å². The first-order valence-corrected chi connectivity index (χ1v) is 6.06. The van der Waals surface area contributed by atoms with Gasteiger partial charge in [-0.25, -0.2) is 4.79 Å². The van der Waals surface area contributed by atoms with E-state index in [1.54, 1.807) is 22.6 Å². The normalized spacial score (nSPS) is 9.94. The van der Waals surface area contributed by atoms with Gasteiger partial charge in [0.15, 0.2) is 11.5 Å². The third-order valence-electron chi connectivity index (χ3n) is 2.19. The molecule has 1 aromatic rings. The van der Waals surface area contributed by atoms with Crippen molar-refractivity contribution in [2.75, 3.05) is 7.11 Å². The predicted molar refractivity (Wildman–Crippen MR) is 73.7 cm³/mol. The van der Waals surface area contributed by atoms with Crippen LogP contribution in [0, 0.1) is 3.57 Å². The number of hydrogen-bond donors (Lipinski definition) is 2. The molecule has 1 rings (SSSR count). The van der Waals surface area contributed by atoms with E-state index in [1.807, 2.05) is 0 Å². The number of benzene rings is 1. The van der Waals surface area contributed by atoms with Crippen LogP contribution in [0.1, 0.15) is 12.5 Å². The third kappa shape index (κ3) is 3.06. The number of halogens is 1. The highest BCUT2D eigenvalue weighted by Gasteiger charge is 2.17. The van der Waals surface area contributed by atoms with Gasteiger partial charge in [0.25, 0.3) is 0 Å². The molecule has 5 nitrogen and oxygen atoms in total. The van der Waals surface area contributed by atoms with Gasteiger partial charge < -0.3 is 19.7 Å². The van der Waals surface area contributed by atoms with Gasteiger partial charge in [-0.15, -0.1) is 0 Å². The molecule has 0 spiro atoms. The molecule has 0 amide bonds. The topological polar surface area (TPSA) is 76.0 Å². The van der Waals surface area contributed by atoms with Gasteiger partial charge in [0.05, 0.1) is 7.11 Å². The molecule has 0 heterocycles. The fraction of sp³-hybridized carbons (Fsp3) is 0.250. The van der Waals surface area contributed by atoms with Crippen LogP contribution in [0.4, 0.5) is 0 Å². The summed E-state index contributed by atoms with van der Waals surface area (Å²) in [5.74, 6) is -0.621. The summed E-state index contributed by atoms with van der Waals surface area (Å²) >= 11 is 1.78. The summed E-state index contributed by atoms with van der Waals surface area (Å²) in [6.07, 6.45) is 0. The molecule has 0 atom stereocenters. The van der Waals surface area contributed by atoms with Gasteiger partial charge in [0.1, 0.15) is 15.9 Å². The van der Waals surface area contributed by atoms with Crippen LogP contribution in [0.5, 0.6) is 17.2 Å². The van der Waals surface area contributed by atoms with Crippen LogP contribution in [0.15, 0.2) is 18.2 Å². The van der Waals surface area contributed by atoms with Gasteiger partial charge in [0, 0.05) is 11.1 Å². The van der Waals surface area contributed by atoms with Crippen LogP contribution < -0.4 is 4.74 Å². The lowest BCUT2D eigenvalue weighted by Crippen LogP contribution is -2.05. The van der Waals surface area contributed by atoms with E-state index in [2.05, 4.69) is 6.58 Å². The predicted octanol–water partition coefficient (Wildman–Crippen LogP) is 2.33. The molecular weight excluding hydrogens is 351 g/mol. The summed E-state index contributed by atoms with van der Waals surface area (Å²) in [5.41, 5.74) is 0.624. The molecule has 0 aliphatic carbocycles. The van der Waals surface area contributed by atoms with Gasteiger partial charge in [-0.05, 0) is 35.6 Å². The maximum absolute atomic E-state index is 11.2. The third-order valence-corrected chi connectivity index (χ3v) is 3.21. The van der Waals surface area contributed by atoms with Gasteiger partial charge in [-0.2, -0.15) is 0 Å². The van der Waals surface area contributed by atoms with Gasteiger partial charge >= 0.3 is 5.97 Å². The maximum atomic E-state index is 11.2. The van der Waals surface area contributed by atoms with E-state index in [4.69, 9.17) is 9.47 Å². The van der Waals surface area contributed by atoms with Crippen molar-refractivity contribution in [3.8, 4) is 17.2 Å². The minimum Gasteiger partial charge on any atom is -0.506 e. The zero-order valence-electron chi connectivity index (χ0n) is 9.99. The van der Waals surface area contributed by atoms with E-state index in [0.29, 0.717) is 5.56 Å². The summed E-state index contributed by atoms with van der Waals surface area (Å²) < 4.78 is 10.1. The van der Waals surface area contributed by atoms with E-state index in [0.717, 1.165) is 0 Å². The number of phenols is 2. The molecule has 0 radical (unpaired) electrons. The second-order valence-corrected chi connectivity index (χ2v) is 4.68.